The molecule has 1 aliphatic rings. The van der Waals surface area contributed by atoms with Gasteiger partial charge in [0.05, 0.1) is 16.9 Å². The van der Waals surface area contributed by atoms with E-state index in [9.17, 15) is 18.0 Å². The monoisotopic (exact) mass is 335 g/mol. The minimum Gasteiger partial charge on any atom is -0.350 e. The number of aromatic nitrogens is 2. The molecule has 1 amide bonds. The van der Waals surface area contributed by atoms with Crippen molar-refractivity contribution in [3.05, 3.63) is 40.3 Å². The minimum absolute atomic E-state index is 0.0669. The van der Waals surface area contributed by atoms with Crippen molar-refractivity contribution < 1.29 is 13.2 Å². The molecule has 1 aromatic heterocycles. The van der Waals surface area contributed by atoms with E-state index in [0.717, 1.165) is 4.68 Å². The zero-order valence-corrected chi connectivity index (χ0v) is 13.5. The highest BCUT2D eigenvalue weighted by atomic mass is 32.2. The molecule has 1 saturated heterocycles. The van der Waals surface area contributed by atoms with Gasteiger partial charge in [-0.05, 0) is 18.4 Å². The van der Waals surface area contributed by atoms with Gasteiger partial charge in [0, 0.05) is 19.0 Å². The van der Waals surface area contributed by atoms with Gasteiger partial charge in [-0.25, -0.2) is 13.1 Å². The average Bonchev–Trinajstić information content (AvgIpc) is 2.88. The lowest BCUT2D eigenvalue weighted by Gasteiger charge is -2.11. The van der Waals surface area contributed by atoms with Crippen LogP contribution in [0.1, 0.15) is 16.9 Å². The molecule has 8 heteroatoms. The largest absolute Gasteiger partial charge is 0.350 e. The van der Waals surface area contributed by atoms with Crippen molar-refractivity contribution >= 4 is 26.5 Å². The molecule has 0 bridgehead atoms. The Morgan fingerprint density at radius 3 is 2.70 bits per heavy atom. The number of hydrogen-bond donors (Lipinski definition) is 1. The Balaban J connectivity index is 1.84. The molecule has 1 aromatic carbocycles. The van der Waals surface area contributed by atoms with E-state index in [4.69, 9.17) is 0 Å². The van der Waals surface area contributed by atoms with Crippen LogP contribution in [0.15, 0.2) is 29.1 Å². The summed E-state index contributed by atoms with van der Waals surface area (Å²) in [6.45, 7) is 0.289. The number of nitrogens with one attached hydrogen (secondary N) is 1. The van der Waals surface area contributed by atoms with E-state index < -0.39 is 15.7 Å². The third-order valence-corrected chi connectivity index (χ3v) is 5.89. The Morgan fingerprint density at radius 2 is 2.04 bits per heavy atom. The van der Waals surface area contributed by atoms with Crippen molar-refractivity contribution in [3.8, 4) is 0 Å². The molecule has 1 aliphatic heterocycles. The summed E-state index contributed by atoms with van der Waals surface area (Å²) in [5.74, 6) is -0.188. The fraction of sp³-hybridized carbons (Fsp3) is 0.400. The van der Waals surface area contributed by atoms with Crippen LogP contribution in [0.3, 0.4) is 0 Å². The third-order valence-electron chi connectivity index (χ3n) is 4.05. The predicted molar refractivity (Wildman–Crippen MR) is 86.1 cm³/mol. The molecule has 1 fully saturated rings. The van der Waals surface area contributed by atoms with E-state index in [-0.39, 0.29) is 35.2 Å². The number of nitrogens with zero attached hydrogens (tertiary/aromatic N) is 2. The fourth-order valence-electron chi connectivity index (χ4n) is 2.82. The zero-order chi connectivity index (χ0) is 16.6. The van der Waals surface area contributed by atoms with E-state index in [1.165, 1.54) is 7.05 Å². The highest BCUT2D eigenvalue weighted by Crippen LogP contribution is 2.18. The van der Waals surface area contributed by atoms with Crippen molar-refractivity contribution in [3.63, 3.8) is 0 Å². The van der Waals surface area contributed by atoms with Gasteiger partial charge in [-0.3, -0.25) is 9.59 Å². The second kappa shape index (κ2) is 5.77. The molecule has 0 aliphatic carbocycles. The SMILES string of the molecule is Cn1nc(C(=O)NCC2CCS(=O)(=O)C2)c2ccccc2c1=O. The Kier molecular flexibility index (Phi) is 3.93. The summed E-state index contributed by atoms with van der Waals surface area (Å²) in [5, 5.41) is 7.71. The maximum Gasteiger partial charge on any atom is 0.274 e. The molecule has 0 spiro atoms. The molecular formula is C15H17N3O4S. The maximum absolute atomic E-state index is 12.4. The standard InChI is InChI=1S/C15H17N3O4S/c1-18-15(20)12-5-3-2-4-11(12)13(17-18)14(19)16-8-10-6-7-23(21,22)9-10/h2-5,10H,6-9H2,1H3,(H,16,19). The Hall–Kier alpha value is -2.22. The van der Waals surface area contributed by atoms with Gasteiger partial charge in [0.2, 0.25) is 0 Å². The van der Waals surface area contributed by atoms with Crippen LogP contribution in [0.2, 0.25) is 0 Å². The molecule has 23 heavy (non-hydrogen) atoms. The van der Waals surface area contributed by atoms with Gasteiger partial charge >= 0.3 is 0 Å². The summed E-state index contributed by atoms with van der Waals surface area (Å²) in [6.07, 6.45) is 0.560. The van der Waals surface area contributed by atoms with Crippen LogP contribution >= 0.6 is 0 Å². The first-order valence-corrected chi connectivity index (χ1v) is 9.14. The molecule has 0 radical (unpaired) electrons. The summed E-state index contributed by atoms with van der Waals surface area (Å²) in [5.41, 5.74) is -0.0948. The van der Waals surface area contributed by atoms with Crippen LogP contribution in [0, 0.1) is 5.92 Å². The van der Waals surface area contributed by atoms with Crippen LogP contribution in [0.25, 0.3) is 10.8 Å². The zero-order valence-electron chi connectivity index (χ0n) is 12.7. The topological polar surface area (TPSA) is 98.1 Å². The van der Waals surface area contributed by atoms with Gasteiger partial charge in [0.1, 0.15) is 0 Å². The van der Waals surface area contributed by atoms with E-state index in [2.05, 4.69) is 10.4 Å². The minimum atomic E-state index is -2.97. The summed E-state index contributed by atoms with van der Waals surface area (Å²) in [4.78, 5) is 24.4. The molecule has 2 heterocycles. The molecule has 122 valence electrons. The molecule has 2 aromatic rings. The van der Waals surface area contributed by atoms with Crippen molar-refractivity contribution in [1.29, 1.82) is 0 Å². The first-order chi connectivity index (χ1) is 10.9. The quantitative estimate of drug-likeness (QED) is 0.858. The van der Waals surface area contributed by atoms with E-state index in [1.54, 1.807) is 24.3 Å². The Morgan fingerprint density at radius 1 is 1.35 bits per heavy atom. The highest BCUT2D eigenvalue weighted by molar-refractivity contribution is 7.91. The van der Waals surface area contributed by atoms with Gasteiger partial charge in [0.25, 0.3) is 11.5 Å². The van der Waals surface area contributed by atoms with Gasteiger partial charge in [-0.2, -0.15) is 5.10 Å². The number of amides is 1. The normalized spacial score (nSPS) is 19.8. The van der Waals surface area contributed by atoms with Crippen LogP contribution in [-0.2, 0) is 16.9 Å². The lowest BCUT2D eigenvalue weighted by molar-refractivity contribution is 0.0943. The number of fused-ring (bicyclic) bond motifs is 1. The van der Waals surface area contributed by atoms with Gasteiger partial charge < -0.3 is 5.32 Å². The first kappa shape index (κ1) is 15.7. The molecule has 1 unspecified atom stereocenters. The van der Waals surface area contributed by atoms with Crippen LogP contribution < -0.4 is 10.9 Å². The second-order valence-corrected chi connectivity index (χ2v) is 8.03. The molecule has 0 saturated carbocycles. The van der Waals surface area contributed by atoms with E-state index in [1.807, 2.05) is 0 Å². The number of sulfone groups is 1. The lowest BCUT2D eigenvalue weighted by Crippen LogP contribution is -2.33. The molecule has 3 rings (SSSR count). The van der Waals surface area contributed by atoms with Gasteiger partial charge in [-0.15, -0.1) is 0 Å². The van der Waals surface area contributed by atoms with Crippen LogP contribution in [-0.4, -0.2) is 42.2 Å². The van der Waals surface area contributed by atoms with Crippen molar-refractivity contribution in [2.75, 3.05) is 18.1 Å². The fourth-order valence-corrected chi connectivity index (χ4v) is 4.68. The molecule has 1 atom stereocenters. The number of aryl methyl sites for hydroxylation is 1. The second-order valence-electron chi connectivity index (χ2n) is 5.80. The number of carbonyl (C=O) groups excluding carboxylic acids is 1. The molecule has 1 N–H and O–H groups in total. The maximum atomic E-state index is 12.4. The Labute approximate surface area is 133 Å². The molecule has 7 nitrogen and oxygen atoms in total. The van der Waals surface area contributed by atoms with E-state index in [0.29, 0.717) is 17.2 Å². The Bertz CT molecular complexity index is 933. The lowest BCUT2D eigenvalue weighted by atomic mass is 10.1. The number of benzene rings is 1. The van der Waals surface area contributed by atoms with E-state index >= 15 is 0 Å². The number of rotatable bonds is 3. The number of hydrogen-bond acceptors (Lipinski definition) is 5. The highest BCUT2D eigenvalue weighted by Gasteiger charge is 2.28. The van der Waals surface area contributed by atoms with Crippen molar-refractivity contribution in [2.45, 2.75) is 6.42 Å². The molecular weight excluding hydrogens is 318 g/mol. The number of carbonyl (C=O) groups is 1. The van der Waals surface area contributed by atoms with Crippen molar-refractivity contribution in [1.82, 2.24) is 15.1 Å². The van der Waals surface area contributed by atoms with Gasteiger partial charge in [0.15, 0.2) is 15.5 Å². The first-order valence-electron chi connectivity index (χ1n) is 7.32. The van der Waals surface area contributed by atoms with Crippen LogP contribution in [0.5, 0.6) is 0 Å². The summed E-state index contributed by atoms with van der Waals surface area (Å²) < 4.78 is 24.0. The van der Waals surface area contributed by atoms with Gasteiger partial charge in [-0.1, -0.05) is 18.2 Å². The van der Waals surface area contributed by atoms with Crippen LogP contribution in [0.4, 0.5) is 0 Å². The average molecular weight is 335 g/mol. The summed E-state index contributed by atoms with van der Waals surface area (Å²) >= 11 is 0. The third kappa shape index (κ3) is 3.12. The predicted octanol–water partition coefficient (Wildman–Crippen LogP) is 0.0980. The summed E-state index contributed by atoms with van der Waals surface area (Å²) in [6, 6.07) is 6.80. The summed E-state index contributed by atoms with van der Waals surface area (Å²) in [7, 11) is -1.47. The van der Waals surface area contributed by atoms with Crippen molar-refractivity contribution in [2.24, 2.45) is 13.0 Å². The smallest absolute Gasteiger partial charge is 0.274 e.